The Morgan fingerprint density at radius 1 is 1.04 bits per heavy atom. The molecule has 2 aromatic carbocycles. The first-order chi connectivity index (χ1) is 12.9. The summed E-state index contributed by atoms with van der Waals surface area (Å²) in [5, 5.41) is 4.59. The molecule has 1 heterocycles. The molecule has 1 amide bonds. The van der Waals surface area contributed by atoms with Crippen LogP contribution in [-0.4, -0.2) is 23.0 Å². The Hall–Kier alpha value is -2.34. The molecular weight excluding hydrogens is 411 g/mol. The zero-order valence-electron chi connectivity index (χ0n) is 14.0. The van der Waals surface area contributed by atoms with E-state index in [1.165, 1.54) is 13.1 Å². The fourth-order valence-electron chi connectivity index (χ4n) is 2.42. The van der Waals surface area contributed by atoms with E-state index in [4.69, 9.17) is 39.5 Å². The maximum Gasteiger partial charge on any atom is 0.359 e. The Balaban J connectivity index is 1.74. The number of carbonyl (C=O) groups is 2. The van der Waals surface area contributed by atoms with Crippen LogP contribution in [0.3, 0.4) is 0 Å². The van der Waals surface area contributed by atoms with Gasteiger partial charge in [-0.25, -0.2) is 9.78 Å². The molecule has 1 aromatic heterocycles. The molecule has 0 bridgehead atoms. The van der Waals surface area contributed by atoms with E-state index < -0.39 is 18.0 Å². The normalized spacial score (nSPS) is 11.9. The number of nitrogens with one attached hydrogen (secondary N) is 1. The van der Waals surface area contributed by atoms with Crippen LogP contribution < -0.4 is 5.32 Å². The lowest BCUT2D eigenvalue weighted by molar-refractivity contribution is -0.123. The highest BCUT2D eigenvalue weighted by molar-refractivity contribution is 6.48. The molecule has 0 aliphatic rings. The number of nitrogens with zero attached hydrogens (tertiary/aromatic N) is 1. The first-order valence-corrected chi connectivity index (χ1v) is 9.01. The maximum absolute atomic E-state index is 12.4. The number of anilines is 1. The summed E-state index contributed by atoms with van der Waals surface area (Å²) in [7, 11) is 0. The van der Waals surface area contributed by atoms with Gasteiger partial charge >= 0.3 is 5.97 Å². The quantitative estimate of drug-likeness (QED) is 0.572. The standard InChI is InChI=1S/C19H13Cl3N2O3/c1-10(27-19(26)17-16(22)15(21)13(20)9-23-17)18(25)24-14-8-4-6-11-5-2-3-7-12(11)14/h2-10H,1H3,(H,24,25). The second-order valence-electron chi connectivity index (χ2n) is 5.65. The van der Waals surface area contributed by atoms with Gasteiger partial charge in [0.05, 0.1) is 15.1 Å². The summed E-state index contributed by atoms with van der Waals surface area (Å²) in [6.07, 6.45) is 0.108. The summed E-state index contributed by atoms with van der Waals surface area (Å²) >= 11 is 17.7. The summed E-state index contributed by atoms with van der Waals surface area (Å²) in [4.78, 5) is 28.5. The van der Waals surface area contributed by atoms with E-state index in [-0.39, 0.29) is 20.8 Å². The van der Waals surface area contributed by atoms with Gasteiger partial charge in [0.15, 0.2) is 11.8 Å². The molecule has 1 unspecified atom stereocenters. The summed E-state index contributed by atoms with van der Waals surface area (Å²) < 4.78 is 5.16. The van der Waals surface area contributed by atoms with E-state index in [0.717, 1.165) is 10.8 Å². The predicted octanol–water partition coefficient (Wildman–Crippen LogP) is 5.38. The summed E-state index contributed by atoms with van der Waals surface area (Å²) in [6.45, 7) is 1.45. The fourth-order valence-corrected chi connectivity index (χ4v) is 2.98. The van der Waals surface area contributed by atoms with Crippen molar-refractivity contribution in [3.63, 3.8) is 0 Å². The average molecular weight is 424 g/mol. The Morgan fingerprint density at radius 2 is 1.74 bits per heavy atom. The van der Waals surface area contributed by atoms with Crippen molar-refractivity contribution >= 4 is 63.1 Å². The van der Waals surface area contributed by atoms with Crippen molar-refractivity contribution in [2.75, 3.05) is 5.32 Å². The number of halogens is 3. The second kappa shape index (κ2) is 8.13. The molecule has 0 radical (unpaired) electrons. The van der Waals surface area contributed by atoms with Crippen molar-refractivity contribution in [2.24, 2.45) is 0 Å². The van der Waals surface area contributed by atoms with Gasteiger partial charge in [-0.3, -0.25) is 4.79 Å². The molecule has 3 aromatic rings. The van der Waals surface area contributed by atoms with Crippen LogP contribution in [0.4, 0.5) is 5.69 Å². The number of esters is 1. The molecular formula is C19H13Cl3N2O3. The van der Waals surface area contributed by atoms with Gasteiger partial charge in [-0.2, -0.15) is 0 Å². The highest BCUT2D eigenvalue weighted by atomic mass is 35.5. The maximum atomic E-state index is 12.4. The fraction of sp³-hybridized carbons (Fsp3) is 0.105. The van der Waals surface area contributed by atoms with Crippen molar-refractivity contribution in [1.82, 2.24) is 4.98 Å². The van der Waals surface area contributed by atoms with Gasteiger partial charge < -0.3 is 10.1 Å². The number of ether oxygens (including phenoxy) is 1. The molecule has 3 rings (SSSR count). The van der Waals surface area contributed by atoms with Crippen LogP contribution in [0.1, 0.15) is 17.4 Å². The Labute approximate surface area is 170 Å². The Morgan fingerprint density at radius 3 is 2.52 bits per heavy atom. The van der Waals surface area contributed by atoms with Gasteiger partial charge in [0.25, 0.3) is 5.91 Å². The molecule has 5 nitrogen and oxygen atoms in total. The van der Waals surface area contributed by atoms with E-state index in [1.807, 2.05) is 36.4 Å². The summed E-state index contributed by atoms with van der Waals surface area (Å²) in [6, 6.07) is 13.1. The largest absolute Gasteiger partial charge is 0.448 e. The highest BCUT2D eigenvalue weighted by Gasteiger charge is 2.24. The van der Waals surface area contributed by atoms with E-state index in [1.54, 1.807) is 6.07 Å². The molecule has 138 valence electrons. The Kier molecular flexibility index (Phi) is 5.85. The van der Waals surface area contributed by atoms with Gasteiger partial charge in [0.1, 0.15) is 0 Å². The van der Waals surface area contributed by atoms with E-state index >= 15 is 0 Å². The number of hydrogen-bond donors (Lipinski definition) is 1. The third-order valence-corrected chi connectivity index (χ3v) is 5.05. The van der Waals surface area contributed by atoms with Crippen LogP contribution in [0, 0.1) is 0 Å². The Bertz CT molecular complexity index is 1030. The number of pyridine rings is 1. The predicted molar refractivity (Wildman–Crippen MR) is 107 cm³/mol. The van der Waals surface area contributed by atoms with Gasteiger partial charge in [0.2, 0.25) is 0 Å². The zero-order valence-corrected chi connectivity index (χ0v) is 16.3. The van der Waals surface area contributed by atoms with Crippen LogP contribution >= 0.6 is 34.8 Å². The molecule has 0 spiro atoms. The van der Waals surface area contributed by atoms with Crippen LogP contribution in [0.5, 0.6) is 0 Å². The average Bonchev–Trinajstić information content (AvgIpc) is 2.66. The first-order valence-electron chi connectivity index (χ1n) is 7.87. The summed E-state index contributed by atoms with van der Waals surface area (Å²) in [5.41, 5.74) is 0.405. The minimum atomic E-state index is -1.08. The summed E-state index contributed by atoms with van der Waals surface area (Å²) in [5.74, 6) is -1.37. The first kappa shape index (κ1) is 19.4. The molecule has 1 atom stereocenters. The van der Waals surface area contributed by atoms with Gasteiger partial charge in [-0.05, 0) is 18.4 Å². The van der Waals surface area contributed by atoms with Crippen molar-refractivity contribution < 1.29 is 14.3 Å². The SMILES string of the molecule is CC(OC(=O)c1ncc(Cl)c(Cl)c1Cl)C(=O)Nc1cccc2ccccc12. The molecule has 0 aliphatic heterocycles. The second-order valence-corrected chi connectivity index (χ2v) is 6.81. The molecule has 0 saturated heterocycles. The number of aromatic nitrogens is 1. The number of hydrogen-bond acceptors (Lipinski definition) is 4. The van der Waals surface area contributed by atoms with Crippen molar-refractivity contribution in [3.8, 4) is 0 Å². The topological polar surface area (TPSA) is 68.3 Å². The third kappa shape index (κ3) is 4.16. The molecule has 8 heteroatoms. The minimum Gasteiger partial charge on any atom is -0.448 e. The number of amides is 1. The van der Waals surface area contributed by atoms with Crippen LogP contribution in [0.25, 0.3) is 10.8 Å². The monoisotopic (exact) mass is 422 g/mol. The van der Waals surface area contributed by atoms with Crippen LogP contribution in [0.2, 0.25) is 15.1 Å². The number of rotatable bonds is 4. The van der Waals surface area contributed by atoms with Gasteiger partial charge in [-0.15, -0.1) is 0 Å². The van der Waals surface area contributed by atoms with Crippen molar-refractivity contribution in [2.45, 2.75) is 13.0 Å². The molecule has 0 aliphatic carbocycles. The molecule has 27 heavy (non-hydrogen) atoms. The van der Waals surface area contributed by atoms with Crippen LogP contribution in [-0.2, 0) is 9.53 Å². The zero-order chi connectivity index (χ0) is 19.6. The minimum absolute atomic E-state index is 0.00635. The number of benzene rings is 2. The van der Waals surface area contributed by atoms with Crippen molar-refractivity contribution in [3.05, 3.63) is 69.4 Å². The lowest BCUT2D eigenvalue weighted by Gasteiger charge is -2.15. The van der Waals surface area contributed by atoms with Gasteiger partial charge in [0, 0.05) is 17.3 Å². The molecule has 1 N–H and O–H groups in total. The van der Waals surface area contributed by atoms with Crippen LogP contribution in [0.15, 0.2) is 48.7 Å². The van der Waals surface area contributed by atoms with E-state index in [0.29, 0.717) is 5.69 Å². The lowest BCUT2D eigenvalue weighted by Crippen LogP contribution is -2.30. The third-order valence-electron chi connectivity index (χ3n) is 3.81. The highest BCUT2D eigenvalue weighted by Crippen LogP contribution is 2.31. The smallest absolute Gasteiger partial charge is 0.359 e. The van der Waals surface area contributed by atoms with E-state index in [9.17, 15) is 9.59 Å². The number of fused-ring (bicyclic) bond motifs is 1. The molecule has 0 fully saturated rings. The number of carbonyl (C=O) groups excluding carboxylic acids is 2. The lowest BCUT2D eigenvalue weighted by atomic mass is 10.1. The van der Waals surface area contributed by atoms with E-state index in [2.05, 4.69) is 10.3 Å². The molecule has 0 saturated carbocycles. The van der Waals surface area contributed by atoms with Crippen molar-refractivity contribution in [1.29, 1.82) is 0 Å². The van der Waals surface area contributed by atoms with Gasteiger partial charge in [-0.1, -0.05) is 71.2 Å².